The largest absolute Gasteiger partial charge is 0.331 e. The van der Waals surface area contributed by atoms with Gasteiger partial charge >= 0.3 is 0 Å². The fraction of sp³-hybridized carbons (Fsp3) is 0.273. The van der Waals surface area contributed by atoms with Crippen LogP contribution in [-0.4, -0.2) is 47.7 Å². The Hall–Kier alpha value is -2.37. The third kappa shape index (κ3) is 4.67. The summed E-state index contributed by atoms with van der Waals surface area (Å²) in [5.41, 5.74) is 1.31. The fourth-order valence-corrected chi connectivity index (χ4v) is 4.38. The zero-order valence-electron chi connectivity index (χ0n) is 15.3. The Morgan fingerprint density at radius 3 is 2.52 bits per heavy atom. The van der Waals surface area contributed by atoms with Crippen LogP contribution in [0.5, 0.6) is 0 Å². The second-order valence-corrected chi connectivity index (χ2v) is 8.01. The molecule has 1 aromatic heterocycles. The summed E-state index contributed by atoms with van der Waals surface area (Å²) in [6.45, 7) is 4.72. The minimum Gasteiger partial charge on any atom is -0.331 e. The van der Waals surface area contributed by atoms with Gasteiger partial charge < -0.3 is 9.80 Å². The van der Waals surface area contributed by atoms with Crippen LogP contribution in [0, 0.1) is 0 Å². The van der Waals surface area contributed by atoms with E-state index in [1.54, 1.807) is 11.8 Å². The van der Waals surface area contributed by atoms with E-state index in [0.29, 0.717) is 5.75 Å². The van der Waals surface area contributed by atoms with Crippen molar-refractivity contribution < 1.29 is 9.69 Å². The van der Waals surface area contributed by atoms with Gasteiger partial charge in [-0.05, 0) is 35.0 Å². The molecule has 0 aliphatic carbocycles. The highest BCUT2D eigenvalue weighted by atomic mass is 32.2. The summed E-state index contributed by atoms with van der Waals surface area (Å²) in [7, 11) is 0. The number of thioether (sulfide) groups is 1. The van der Waals surface area contributed by atoms with Crippen molar-refractivity contribution in [3.63, 3.8) is 0 Å². The van der Waals surface area contributed by atoms with Crippen molar-refractivity contribution in [2.75, 3.05) is 31.9 Å². The maximum atomic E-state index is 12.6. The van der Waals surface area contributed by atoms with E-state index in [-0.39, 0.29) is 5.91 Å². The Kier molecular flexibility index (Phi) is 5.70. The number of carbonyl (C=O) groups excluding carboxylic acids is 1. The van der Waals surface area contributed by atoms with Crippen LogP contribution in [0.25, 0.3) is 10.8 Å². The maximum Gasteiger partial charge on any atom is 0.233 e. The van der Waals surface area contributed by atoms with E-state index in [4.69, 9.17) is 0 Å². The van der Waals surface area contributed by atoms with Crippen LogP contribution in [0.2, 0.25) is 0 Å². The quantitative estimate of drug-likeness (QED) is 0.692. The molecule has 1 N–H and O–H groups in total. The van der Waals surface area contributed by atoms with E-state index in [2.05, 4.69) is 59.6 Å². The highest BCUT2D eigenvalue weighted by Gasteiger charge is 2.23. The van der Waals surface area contributed by atoms with Gasteiger partial charge in [0.15, 0.2) is 0 Å². The summed E-state index contributed by atoms with van der Waals surface area (Å²) in [6, 6.07) is 18.9. The highest BCUT2D eigenvalue weighted by molar-refractivity contribution is 8.00. The molecule has 2 heterocycles. The van der Waals surface area contributed by atoms with Crippen molar-refractivity contribution in [1.29, 1.82) is 0 Å². The molecule has 0 bridgehead atoms. The Morgan fingerprint density at radius 1 is 1.00 bits per heavy atom. The van der Waals surface area contributed by atoms with Gasteiger partial charge in [0.1, 0.15) is 6.54 Å². The molecule has 3 aromatic rings. The lowest BCUT2D eigenvalue weighted by Crippen LogP contribution is -3.13. The maximum absolute atomic E-state index is 12.6. The van der Waals surface area contributed by atoms with Gasteiger partial charge in [-0.1, -0.05) is 30.3 Å². The van der Waals surface area contributed by atoms with Crippen molar-refractivity contribution in [2.45, 2.75) is 11.4 Å². The molecule has 1 aliphatic heterocycles. The van der Waals surface area contributed by atoms with Gasteiger partial charge in [0.2, 0.25) is 5.91 Å². The summed E-state index contributed by atoms with van der Waals surface area (Å²) in [4.78, 5) is 21.4. The first-order chi connectivity index (χ1) is 13.3. The van der Waals surface area contributed by atoms with E-state index in [0.717, 1.165) is 37.6 Å². The number of nitrogens with zero attached hydrogens (tertiary/aromatic N) is 2. The molecule has 27 heavy (non-hydrogen) atoms. The van der Waals surface area contributed by atoms with E-state index in [1.165, 1.54) is 21.2 Å². The summed E-state index contributed by atoms with van der Waals surface area (Å²) in [5, 5.41) is 2.46. The minimum absolute atomic E-state index is 0.246. The smallest absolute Gasteiger partial charge is 0.233 e. The van der Waals surface area contributed by atoms with Gasteiger partial charge in [-0.15, -0.1) is 11.8 Å². The highest BCUT2D eigenvalue weighted by Crippen LogP contribution is 2.23. The summed E-state index contributed by atoms with van der Waals surface area (Å²) in [5.74, 6) is 0.758. The monoisotopic (exact) mass is 378 g/mol. The van der Waals surface area contributed by atoms with Crippen molar-refractivity contribution in [3.05, 3.63) is 72.6 Å². The molecular formula is C22H24N3OS+. The van der Waals surface area contributed by atoms with Gasteiger partial charge in [0.05, 0.1) is 31.9 Å². The van der Waals surface area contributed by atoms with Crippen molar-refractivity contribution in [1.82, 2.24) is 9.88 Å². The zero-order valence-corrected chi connectivity index (χ0v) is 16.1. The van der Waals surface area contributed by atoms with Gasteiger partial charge in [0.25, 0.3) is 0 Å². The number of nitrogens with one attached hydrogen (secondary N) is 1. The van der Waals surface area contributed by atoms with Crippen LogP contribution in [0.4, 0.5) is 0 Å². The Balaban J connectivity index is 1.26. The molecule has 4 nitrogen and oxygen atoms in total. The Labute approximate surface area is 164 Å². The van der Waals surface area contributed by atoms with Crippen molar-refractivity contribution in [3.8, 4) is 0 Å². The number of hydrogen-bond donors (Lipinski definition) is 1. The van der Waals surface area contributed by atoms with Gasteiger partial charge in [-0.2, -0.15) is 0 Å². The average Bonchev–Trinajstić information content (AvgIpc) is 2.73. The second-order valence-electron chi connectivity index (χ2n) is 6.96. The molecule has 5 heteroatoms. The molecule has 1 aliphatic rings. The van der Waals surface area contributed by atoms with E-state index in [9.17, 15) is 4.79 Å². The summed E-state index contributed by atoms with van der Waals surface area (Å²) < 4.78 is 0. The standard InChI is InChI=1S/C22H23N3OS/c26-22(17-27-21-6-5-19-3-1-2-4-20(19)15-21)25-13-11-24(12-14-25)16-18-7-9-23-10-8-18/h1-10,15H,11-14,16-17H2/p+1. The second kappa shape index (κ2) is 8.55. The fourth-order valence-electron chi connectivity index (χ4n) is 3.53. The van der Waals surface area contributed by atoms with Crippen LogP contribution in [-0.2, 0) is 11.3 Å². The molecular weight excluding hydrogens is 354 g/mol. The molecule has 1 saturated heterocycles. The average molecular weight is 379 g/mol. The zero-order chi connectivity index (χ0) is 18.5. The number of hydrogen-bond acceptors (Lipinski definition) is 3. The van der Waals surface area contributed by atoms with Crippen LogP contribution in [0.3, 0.4) is 0 Å². The lowest BCUT2D eigenvalue weighted by molar-refractivity contribution is -0.917. The van der Waals surface area contributed by atoms with Crippen LogP contribution >= 0.6 is 11.8 Å². The molecule has 1 amide bonds. The van der Waals surface area contributed by atoms with Gasteiger partial charge in [-0.3, -0.25) is 9.78 Å². The number of carbonyl (C=O) groups is 1. The summed E-state index contributed by atoms with van der Waals surface area (Å²) in [6.07, 6.45) is 3.69. The number of pyridine rings is 1. The van der Waals surface area contributed by atoms with Gasteiger partial charge in [0, 0.05) is 22.9 Å². The Morgan fingerprint density at radius 2 is 1.74 bits per heavy atom. The number of quaternary nitrogens is 1. The predicted octanol–water partition coefficient (Wildman–Crippen LogP) is 2.25. The molecule has 138 valence electrons. The molecule has 0 atom stereocenters. The molecule has 0 spiro atoms. The van der Waals surface area contributed by atoms with Crippen molar-refractivity contribution in [2.24, 2.45) is 0 Å². The van der Waals surface area contributed by atoms with E-state index >= 15 is 0 Å². The predicted molar refractivity (Wildman–Crippen MR) is 110 cm³/mol. The van der Waals surface area contributed by atoms with Gasteiger partial charge in [-0.25, -0.2) is 0 Å². The first kappa shape index (κ1) is 18.0. The molecule has 4 rings (SSSR count). The lowest BCUT2D eigenvalue weighted by atomic mass is 10.1. The SMILES string of the molecule is O=C(CSc1ccc2ccccc2c1)N1CC[NH+](Cc2ccncc2)CC1. The topological polar surface area (TPSA) is 37.6 Å². The summed E-state index contributed by atoms with van der Waals surface area (Å²) >= 11 is 1.64. The molecule has 2 aromatic carbocycles. The number of piperazine rings is 1. The van der Waals surface area contributed by atoms with E-state index < -0.39 is 0 Å². The van der Waals surface area contributed by atoms with Crippen molar-refractivity contribution >= 4 is 28.4 Å². The number of fused-ring (bicyclic) bond motifs is 1. The van der Waals surface area contributed by atoms with E-state index in [1.807, 2.05) is 17.3 Å². The number of aromatic nitrogens is 1. The number of amides is 1. The molecule has 0 radical (unpaired) electrons. The Bertz CT molecular complexity index is 908. The normalized spacial score (nSPS) is 15.2. The van der Waals surface area contributed by atoms with Crippen LogP contribution in [0.1, 0.15) is 5.56 Å². The molecule has 0 unspecified atom stereocenters. The molecule has 0 saturated carbocycles. The number of benzene rings is 2. The van der Waals surface area contributed by atoms with Crippen LogP contribution in [0.15, 0.2) is 71.9 Å². The third-order valence-corrected chi connectivity index (χ3v) is 6.09. The first-order valence-corrected chi connectivity index (χ1v) is 10.4. The molecule has 1 fully saturated rings. The number of rotatable bonds is 5. The lowest BCUT2D eigenvalue weighted by Gasteiger charge is -2.32. The third-order valence-electron chi connectivity index (χ3n) is 5.11. The first-order valence-electron chi connectivity index (χ1n) is 9.40. The minimum atomic E-state index is 0.246. The van der Waals surface area contributed by atoms with Crippen LogP contribution < -0.4 is 4.90 Å².